The van der Waals surface area contributed by atoms with Gasteiger partial charge in [0.25, 0.3) is 0 Å². The summed E-state index contributed by atoms with van der Waals surface area (Å²) in [5.74, 6) is 0.383. The van der Waals surface area contributed by atoms with Crippen molar-refractivity contribution in [2.24, 2.45) is 10.2 Å². The Bertz CT molecular complexity index is 481. The zero-order valence-electron chi connectivity index (χ0n) is 8.36. The second-order valence-electron chi connectivity index (χ2n) is 3.03. The van der Waals surface area contributed by atoms with Crippen LogP contribution in [0.5, 0.6) is 0 Å². The highest BCUT2D eigenvalue weighted by Crippen LogP contribution is 2.22. The van der Waals surface area contributed by atoms with Crippen molar-refractivity contribution in [3.05, 3.63) is 21.3 Å². The van der Waals surface area contributed by atoms with Gasteiger partial charge in [0.15, 0.2) is 5.17 Å². The lowest BCUT2D eigenvalue weighted by Gasteiger charge is -1.93. The van der Waals surface area contributed by atoms with Crippen molar-refractivity contribution in [2.75, 3.05) is 5.75 Å². The van der Waals surface area contributed by atoms with Crippen LogP contribution in [0.4, 0.5) is 0 Å². The second-order valence-corrected chi connectivity index (χ2v) is 5.71. The van der Waals surface area contributed by atoms with Crippen LogP contribution in [0.25, 0.3) is 0 Å². The predicted octanol–water partition coefficient (Wildman–Crippen LogP) is 2.34. The van der Waals surface area contributed by atoms with E-state index in [0.29, 0.717) is 10.9 Å². The Labute approximate surface area is 106 Å². The molecular weight excluding hydrogens is 266 g/mol. The highest BCUT2D eigenvalue weighted by atomic mass is 35.5. The molecule has 0 spiro atoms. The lowest BCUT2D eigenvalue weighted by Crippen LogP contribution is -2.19. The summed E-state index contributed by atoms with van der Waals surface area (Å²) in [6.45, 7) is 1.85. The van der Waals surface area contributed by atoms with E-state index in [4.69, 9.17) is 11.6 Å². The fourth-order valence-electron chi connectivity index (χ4n) is 1.06. The molecule has 0 atom stereocenters. The van der Waals surface area contributed by atoms with Crippen molar-refractivity contribution in [1.82, 2.24) is 5.32 Å². The number of amides is 1. The molecule has 2 rings (SSSR count). The highest BCUT2D eigenvalue weighted by molar-refractivity contribution is 8.15. The molecule has 1 saturated heterocycles. The summed E-state index contributed by atoms with van der Waals surface area (Å²) in [6, 6.07) is 3.71. The first-order valence-corrected chi connectivity index (χ1v) is 6.64. The predicted molar refractivity (Wildman–Crippen MR) is 69.6 cm³/mol. The third-order valence-electron chi connectivity index (χ3n) is 1.81. The van der Waals surface area contributed by atoms with Gasteiger partial charge in [0.05, 0.1) is 20.7 Å². The number of carbonyl (C=O) groups excluding carboxylic acids is 1. The molecule has 0 saturated carbocycles. The lowest BCUT2D eigenvalue weighted by molar-refractivity contribution is -0.116. The fourth-order valence-corrected chi connectivity index (χ4v) is 2.67. The molecule has 16 heavy (non-hydrogen) atoms. The van der Waals surface area contributed by atoms with Crippen LogP contribution in [-0.2, 0) is 4.79 Å². The number of hydrogen-bond donors (Lipinski definition) is 1. The molecule has 0 bridgehead atoms. The first-order valence-electron chi connectivity index (χ1n) is 4.46. The number of nitrogens with one attached hydrogen (secondary N) is 1. The van der Waals surface area contributed by atoms with Gasteiger partial charge in [-0.3, -0.25) is 4.79 Å². The van der Waals surface area contributed by atoms with Crippen LogP contribution in [-0.4, -0.2) is 22.5 Å². The van der Waals surface area contributed by atoms with E-state index in [2.05, 4.69) is 15.5 Å². The van der Waals surface area contributed by atoms with Crippen LogP contribution >= 0.6 is 34.7 Å². The van der Waals surface area contributed by atoms with Gasteiger partial charge in [-0.25, -0.2) is 0 Å². The molecule has 84 valence electrons. The number of halogens is 1. The third-order valence-corrected chi connectivity index (χ3v) is 4.01. The maximum absolute atomic E-state index is 10.9. The van der Waals surface area contributed by atoms with Gasteiger partial charge in [-0.2, -0.15) is 5.10 Å². The monoisotopic (exact) mass is 273 g/mol. The average molecular weight is 274 g/mol. The number of nitrogens with zero attached hydrogens (tertiary/aromatic N) is 2. The van der Waals surface area contributed by atoms with Crippen molar-refractivity contribution in [1.29, 1.82) is 0 Å². The van der Waals surface area contributed by atoms with Crippen LogP contribution in [0, 0.1) is 0 Å². The lowest BCUT2D eigenvalue weighted by atomic mass is 10.3. The van der Waals surface area contributed by atoms with E-state index < -0.39 is 0 Å². The Morgan fingerprint density at radius 3 is 2.94 bits per heavy atom. The van der Waals surface area contributed by atoms with Gasteiger partial charge in [-0.05, 0) is 19.1 Å². The zero-order chi connectivity index (χ0) is 11.5. The smallest absolute Gasteiger partial charge is 0.236 e. The van der Waals surface area contributed by atoms with Crippen molar-refractivity contribution < 1.29 is 4.79 Å². The van der Waals surface area contributed by atoms with Gasteiger partial charge >= 0.3 is 0 Å². The maximum Gasteiger partial charge on any atom is 0.236 e. The number of thioether (sulfide) groups is 1. The highest BCUT2D eigenvalue weighted by Gasteiger charge is 2.16. The van der Waals surface area contributed by atoms with Gasteiger partial charge in [0.1, 0.15) is 0 Å². The molecule has 1 fully saturated rings. The van der Waals surface area contributed by atoms with E-state index >= 15 is 0 Å². The number of hydrogen-bond acceptors (Lipinski definition) is 5. The normalized spacial score (nSPS) is 19.2. The summed E-state index contributed by atoms with van der Waals surface area (Å²) < 4.78 is 0.723. The summed E-state index contributed by atoms with van der Waals surface area (Å²) in [7, 11) is 0. The van der Waals surface area contributed by atoms with Gasteiger partial charge in [-0.1, -0.05) is 23.4 Å². The van der Waals surface area contributed by atoms with Crippen LogP contribution < -0.4 is 5.32 Å². The number of amidine groups is 1. The van der Waals surface area contributed by atoms with Crippen LogP contribution in [0.2, 0.25) is 4.34 Å². The molecule has 0 unspecified atom stereocenters. The van der Waals surface area contributed by atoms with Crippen LogP contribution in [0.1, 0.15) is 11.8 Å². The topological polar surface area (TPSA) is 53.8 Å². The SMILES string of the molecule is CC(=NN=C1NC(=O)CS1)c1ccc(Cl)s1. The molecule has 1 aromatic heterocycles. The molecule has 1 amide bonds. The molecule has 2 heterocycles. The van der Waals surface area contributed by atoms with Crippen molar-refractivity contribution in [3.8, 4) is 0 Å². The number of thiophene rings is 1. The van der Waals surface area contributed by atoms with Crippen LogP contribution in [0.15, 0.2) is 22.3 Å². The Balaban J connectivity index is 2.10. The molecule has 0 radical (unpaired) electrons. The van der Waals surface area contributed by atoms with Crippen molar-refractivity contribution in [3.63, 3.8) is 0 Å². The Hall–Kier alpha value is -0.850. The van der Waals surface area contributed by atoms with E-state index in [1.807, 2.05) is 19.1 Å². The van der Waals surface area contributed by atoms with Gasteiger partial charge < -0.3 is 5.32 Å². The fraction of sp³-hybridized carbons (Fsp3) is 0.222. The Morgan fingerprint density at radius 1 is 1.56 bits per heavy atom. The molecule has 1 aliphatic rings. The third kappa shape index (κ3) is 2.84. The van der Waals surface area contributed by atoms with E-state index in [-0.39, 0.29) is 5.91 Å². The summed E-state index contributed by atoms with van der Waals surface area (Å²) >= 11 is 8.62. The Kier molecular flexibility index (Phi) is 3.63. The van der Waals surface area contributed by atoms with Crippen molar-refractivity contribution in [2.45, 2.75) is 6.92 Å². The second kappa shape index (κ2) is 4.99. The van der Waals surface area contributed by atoms with E-state index in [1.54, 1.807) is 0 Å². The zero-order valence-corrected chi connectivity index (χ0v) is 10.7. The summed E-state index contributed by atoms with van der Waals surface area (Å²) in [5, 5.41) is 11.2. The Morgan fingerprint density at radius 2 is 2.38 bits per heavy atom. The molecule has 1 aliphatic heterocycles. The minimum absolute atomic E-state index is 0.0317. The minimum atomic E-state index is -0.0317. The average Bonchev–Trinajstić information content (AvgIpc) is 2.84. The van der Waals surface area contributed by atoms with Gasteiger partial charge in [0.2, 0.25) is 5.91 Å². The largest absolute Gasteiger partial charge is 0.303 e. The maximum atomic E-state index is 10.9. The molecule has 7 heteroatoms. The van der Waals surface area contributed by atoms with E-state index in [9.17, 15) is 4.79 Å². The van der Waals surface area contributed by atoms with E-state index in [0.717, 1.165) is 14.9 Å². The summed E-state index contributed by atoms with van der Waals surface area (Å²) in [5.41, 5.74) is 0.783. The van der Waals surface area contributed by atoms with E-state index in [1.165, 1.54) is 23.1 Å². The molecule has 0 aromatic carbocycles. The molecule has 4 nitrogen and oxygen atoms in total. The standard InChI is InChI=1S/C9H8ClN3OS2/c1-5(6-2-3-7(10)16-6)12-13-9-11-8(14)4-15-9/h2-3H,4H2,1H3,(H,11,13,14). The van der Waals surface area contributed by atoms with Crippen LogP contribution in [0.3, 0.4) is 0 Å². The van der Waals surface area contributed by atoms with Crippen molar-refractivity contribution >= 4 is 51.5 Å². The quantitative estimate of drug-likeness (QED) is 0.664. The first-order chi connectivity index (χ1) is 7.65. The van der Waals surface area contributed by atoms with Gasteiger partial charge in [-0.15, -0.1) is 16.4 Å². The summed E-state index contributed by atoms with van der Waals surface area (Å²) in [4.78, 5) is 11.9. The number of carbonyl (C=O) groups is 1. The molecular formula is C9H8ClN3OS2. The summed E-state index contributed by atoms with van der Waals surface area (Å²) in [6.07, 6.45) is 0. The minimum Gasteiger partial charge on any atom is -0.303 e. The first kappa shape index (κ1) is 11.6. The number of rotatable bonds is 2. The van der Waals surface area contributed by atoms with Gasteiger partial charge in [0, 0.05) is 0 Å². The molecule has 1 aromatic rings. The molecule has 0 aliphatic carbocycles. The molecule has 1 N–H and O–H groups in total.